The van der Waals surface area contributed by atoms with E-state index in [-0.39, 0.29) is 11.6 Å². The van der Waals surface area contributed by atoms with Crippen LogP contribution in [-0.2, 0) is 9.59 Å². The van der Waals surface area contributed by atoms with Crippen LogP contribution in [0, 0.1) is 0 Å². The second-order valence-corrected chi connectivity index (χ2v) is 3.97. The van der Waals surface area contributed by atoms with Crippen molar-refractivity contribution < 1.29 is 9.59 Å². The normalized spacial score (nSPS) is 9.83. The fourth-order valence-electron chi connectivity index (χ4n) is 0.857. The van der Waals surface area contributed by atoms with Crippen LogP contribution >= 0.6 is 22.6 Å². The van der Waals surface area contributed by atoms with Crippen molar-refractivity contribution in [2.24, 2.45) is 0 Å². The van der Waals surface area contributed by atoms with Crippen LogP contribution in [0.25, 0.3) is 0 Å². The summed E-state index contributed by atoms with van der Waals surface area (Å²) in [5, 5.41) is 0. The molecule has 0 aromatic heterocycles. The second-order valence-electron chi connectivity index (χ2n) is 2.89. The molecule has 0 atom stereocenters. The third-order valence-corrected chi connectivity index (χ3v) is 2.36. The van der Waals surface area contributed by atoms with Crippen LogP contribution in [0.2, 0.25) is 0 Å². The summed E-state index contributed by atoms with van der Waals surface area (Å²) in [7, 11) is 0. The Labute approximate surface area is 87.2 Å². The number of carbonyl (C=O) groups excluding carboxylic acids is 2. The Morgan fingerprint density at radius 2 is 1.75 bits per heavy atom. The molecule has 3 heteroatoms. The lowest BCUT2D eigenvalue weighted by molar-refractivity contribution is -0.123. The minimum absolute atomic E-state index is 0.109. The number of halogens is 1. The van der Waals surface area contributed by atoms with E-state index in [1.807, 2.05) is 0 Å². The van der Waals surface area contributed by atoms with E-state index < -0.39 is 0 Å². The first kappa shape index (κ1) is 12.1. The topological polar surface area (TPSA) is 34.1 Å². The number of rotatable bonds is 7. The van der Waals surface area contributed by atoms with Crippen molar-refractivity contribution in [3.8, 4) is 0 Å². The van der Waals surface area contributed by atoms with Crippen molar-refractivity contribution in [3.05, 3.63) is 0 Å². The highest BCUT2D eigenvalue weighted by Gasteiger charge is 2.02. The molecule has 0 aromatic rings. The van der Waals surface area contributed by atoms with Gasteiger partial charge in [-0.05, 0) is 24.2 Å². The monoisotopic (exact) mass is 282 g/mol. The zero-order valence-corrected chi connectivity index (χ0v) is 9.59. The minimum Gasteiger partial charge on any atom is -0.300 e. The van der Waals surface area contributed by atoms with Gasteiger partial charge >= 0.3 is 0 Å². The molecule has 0 aliphatic rings. The molecule has 0 bridgehead atoms. The Bertz CT molecular complexity index is 155. The molecular weight excluding hydrogens is 267 g/mol. The van der Waals surface area contributed by atoms with Gasteiger partial charge in [-0.1, -0.05) is 22.6 Å². The molecule has 0 heterocycles. The average Bonchev–Trinajstić information content (AvgIpc) is 2.01. The maximum atomic E-state index is 11.1. The highest BCUT2D eigenvalue weighted by molar-refractivity contribution is 14.1. The molecule has 0 aromatic carbocycles. The van der Waals surface area contributed by atoms with Crippen LogP contribution in [0.5, 0.6) is 0 Å². The fraction of sp³-hybridized carbons (Fsp3) is 0.778. The Hall–Kier alpha value is 0.0700. The maximum absolute atomic E-state index is 11.1. The molecule has 0 fully saturated rings. The predicted molar refractivity (Wildman–Crippen MR) is 57.7 cm³/mol. The first-order valence-electron chi connectivity index (χ1n) is 4.24. The summed E-state index contributed by atoms with van der Waals surface area (Å²) in [6.07, 6.45) is 3.59. The first-order valence-corrected chi connectivity index (χ1v) is 5.76. The highest BCUT2D eigenvalue weighted by atomic mass is 127. The van der Waals surface area contributed by atoms with E-state index in [9.17, 15) is 9.59 Å². The Kier molecular flexibility index (Phi) is 7.75. The lowest BCUT2D eigenvalue weighted by atomic mass is 10.1. The molecule has 0 saturated carbocycles. The lowest BCUT2D eigenvalue weighted by Crippen LogP contribution is -2.01. The van der Waals surface area contributed by atoms with Gasteiger partial charge in [-0.2, -0.15) is 0 Å². The van der Waals surface area contributed by atoms with Gasteiger partial charge in [0, 0.05) is 19.3 Å². The largest absolute Gasteiger partial charge is 0.300 e. The predicted octanol–water partition coefficient (Wildman–Crippen LogP) is 2.53. The second kappa shape index (κ2) is 7.71. The van der Waals surface area contributed by atoms with E-state index >= 15 is 0 Å². The van der Waals surface area contributed by atoms with Crippen molar-refractivity contribution in [1.82, 2.24) is 0 Å². The summed E-state index contributed by atoms with van der Waals surface area (Å²) in [5.41, 5.74) is 0. The Balaban J connectivity index is 3.28. The average molecular weight is 282 g/mol. The number of carbonyl (C=O) groups is 2. The van der Waals surface area contributed by atoms with Crippen LogP contribution in [0.15, 0.2) is 0 Å². The molecule has 0 radical (unpaired) electrons. The lowest BCUT2D eigenvalue weighted by Gasteiger charge is -1.97. The van der Waals surface area contributed by atoms with Crippen LogP contribution < -0.4 is 0 Å². The quantitative estimate of drug-likeness (QED) is 0.408. The summed E-state index contributed by atoms with van der Waals surface area (Å²) >= 11 is 2.30. The number of hydrogen-bond acceptors (Lipinski definition) is 2. The molecule has 70 valence electrons. The molecule has 0 aliphatic heterocycles. The van der Waals surface area contributed by atoms with E-state index in [0.29, 0.717) is 19.3 Å². The summed E-state index contributed by atoms with van der Waals surface area (Å²) in [6.45, 7) is 1.53. The van der Waals surface area contributed by atoms with Gasteiger partial charge in [0.1, 0.15) is 11.6 Å². The molecule has 2 nitrogen and oxygen atoms in total. The number of ketones is 2. The molecule has 0 saturated heterocycles. The third-order valence-electron chi connectivity index (χ3n) is 1.60. The van der Waals surface area contributed by atoms with Gasteiger partial charge in [-0.3, -0.25) is 4.79 Å². The molecule has 0 unspecified atom stereocenters. The third kappa shape index (κ3) is 8.17. The van der Waals surface area contributed by atoms with Crippen molar-refractivity contribution >= 4 is 34.2 Å². The van der Waals surface area contributed by atoms with Crippen LogP contribution in [-0.4, -0.2) is 16.0 Å². The van der Waals surface area contributed by atoms with E-state index in [1.165, 1.54) is 6.92 Å². The molecule has 0 rings (SSSR count). The zero-order valence-electron chi connectivity index (χ0n) is 7.44. The molecule has 0 spiro atoms. The standard InChI is InChI=1S/C9H15IO2/c1-8(11)5-6-9(12)4-2-3-7-10/h2-7H2,1H3. The number of Topliss-reactive ketones (excluding diaryl/α,β-unsaturated/α-hetero) is 2. The van der Waals surface area contributed by atoms with Crippen LogP contribution in [0.1, 0.15) is 39.0 Å². The van der Waals surface area contributed by atoms with E-state index in [2.05, 4.69) is 22.6 Å². The van der Waals surface area contributed by atoms with E-state index in [0.717, 1.165) is 17.3 Å². The summed E-state index contributed by atoms with van der Waals surface area (Å²) in [6, 6.07) is 0. The van der Waals surface area contributed by atoms with Crippen molar-refractivity contribution in [1.29, 1.82) is 0 Å². The minimum atomic E-state index is 0.109. The van der Waals surface area contributed by atoms with Crippen molar-refractivity contribution in [2.45, 2.75) is 39.0 Å². The Morgan fingerprint density at radius 3 is 2.25 bits per heavy atom. The molecule has 0 aliphatic carbocycles. The zero-order chi connectivity index (χ0) is 9.40. The highest BCUT2D eigenvalue weighted by Crippen LogP contribution is 2.03. The number of alkyl halides is 1. The van der Waals surface area contributed by atoms with Gasteiger partial charge in [0.25, 0.3) is 0 Å². The number of hydrogen-bond donors (Lipinski definition) is 0. The number of unbranched alkanes of at least 4 members (excludes halogenated alkanes) is 1. The van der Waals surface area contributed by atoms with E-state index in [1.54, 1.807) is 0 Å². The summed E-state index contributed by atoms with van der Waals surface area (Å²) in [5.74, 6) is 0.340. The van der Waals surface area contributed by atoms with Gasteiger partial charge in [0.05, 0.1) is 0 Å². The van der Waals surface area contributed by atoms with Crippen LogP contribution in [0.4, 0.5) is 0 Å². The van der Waals surface area contributed by atoms with Crippen molar-refractivity contribution in [2.75, 3.05) is 4.43 Å². The molecule has 12 heavy (non-hydrogen) atoms. The summed E-state index contributed by atoms with van der Waals surface area (Å²) in [4.78, 5) is 21.6. The fourth-order valence-corrected chi connectivity index (χ4v) is 1.40. The van der Waals surface area contributed by atoms with Gasteiger partial charge < -0.3 is 4.79 Å². The Morgan fingerprint density at radius 1 is 1.08 bits per heavy atom. The van der Waals surface area contributed by atoms with Gasteiger partial charge in [0.2, 0.25) is 0 Å². The summed E-state index contributed by atoms with van der Waals surface area (Å²) < 4.78 is 1.11. The molecule has 0 N–H and O–H groups in total. The van der Waals surface area contributed by atoms with Gasteiger partial charge in [0.15, 0.2) is 0 Å². The SMILES string of the molecule is CC(=O)CCC(=O)CCCCI. The van der Waals surface area contributed by atoms with Crippen LogP contribution in [0.3, 0.4) is 0 Å². The van der Waals surface area contributed by atoms with Crippen molar-refractivity contribution in [3.63, 3.8) is 0 Å². The van der Waals surface area contributed by atoms with Gasteiger partial charge in [-0.25, -0.2) is 0 Å². The smallest absolute Gasteiger partial charge is 0.133 e. The van der Waals surface area contributed by atoms with Gasteiger partial charge in [-0.15, -0.1) is 0 Å². The maximum Gasteiger partial charge on any atom is 0.133 e. The first-order chi connectivity index (χ1) is 5.66. The van der Waals surface area contributed by atoms with E-state index in [4.69, 9.17) is 0 Å². The molecule has 0 amide bonds. The molecular formula is C9H15IO2.